The highest BCUT2D eigenvalue weighted by molar-refractivity contribution is 9.11. The number of pyridine rings is 1. The minimum Gasteiger partial charge on any atom is -0.320 e. The Morgan fingerprint density at radius 1 is 0.775 bits per heavy atom. The maximum Gasteiger partial charge on any atom is 0.457 e. The standard InChI is InChI=1S/C23H11Br2F10N3O2/c24-13-7-11(20(27,22(30,31)32)21(28,29)23(33,34)35)8-14(25)17(13)38-19(40)12-4-1-5-15(16(12)26)37-18(39)10-3-2-6-36-9-10/h1-9H,(H,37,39)(H,38,40). The smallest absolute Gasteiger partial charge is 0.320 e. The van der Waals surface area contributed by atoms with Gasteiger partial charge in [0.1, 0.15) is 0 Å². The Hall–Kier alpha value is -3.21. The molecule has 0 saturated carbocycles. The molecule has 1 aromatic heterocycles. The third-order valence-corrected chi connectivity index (χ3v) is 6.52. The number of hydrogen-bond donors (Lipinski definition) is 2. The van der Waals surface area contributed by atoms with E-state index in [0.717, 1.165) is 18.2 Å². The van der Waals surface area contributed by atoms with Gasteiger partial charge in [0.05, 0.1) is 22.5 Å². The van der Waals surface area contributed by atoms with E-state index in [1.54, 1.807) is 0 Å². The number of carbonyl (C=O) groups excluding carboxylic acids is 2. The van der Waals surface area contributed by atoms with Crippen molar-refractivity contribution in [3.8, 4) is 0 Å². The molecule has 2 N–H and O–H groups in total. The second-order valence-corrected chi connectivity index (χ2v) is 9.57. The molecule has 0 bridgehead atoms. The van der Waals surface area contributed by atoms with Gasteiger partial charge in [0, 0.05) is 26.9 Å². The zero-order chi connectivity index (χ0) is 30.3. The molecule has 0 aliphatic heterocycles. The van der Waals surface area contributed by atoms with E-state index in [-0.39, 0.29) is 17.7 Å². The predicted octanol–water partition coefficient (Wildman–Crippen LogP) is 8.18. The molecular formula is C23H11Br2F10N3O2. The van der Waals surface area contributed by atoms with Crippen molar-refractivity contribution in [2.45, 2.75) is 23.9 Å². The molecule has 214 valence electrons. The summed E-state index contributed by atoms with van der Waals surface area (Å²) in [6.07, 6.45) is -11.1. The Labute approximate surface area is 234 Å². The molecule has 1 heterocycles. The van der Waals surface area contributed by atoms with Gasteiger partial charge in [-0.3, -0.25) is 14.6 Å². The Balaban J connectivity index is 1.97. The number of halogens is 12. The van der Waals surface area contributed by atoms with Crippen LogP contribution in [0.5, 0.6) is 0 Å². The first-order valence-electron chi connectivity index (χ1n) is 10.3. The lowest BCUT2D eigenvalue weighted by Gasteiger charge is -2.36. The van der Waals surface area contributed by atoms with Crippen LogP contribution in [0, 0.1) is 5.82 Å². The molecule has 2 amide bonds. The van der Waals surface area contributed by atoms with Crippen molar-refractivity contribution in [3.05, 3.63) is 86.3 Å². The number of amides is 2. The van der Waals surface area contributed by atoms with Crippen molar-refractivity contribution in [1.29, 1.82) is 0 Å². The number of anilines is 2. The maximum atomic E-state index is 15.0. The van der Waals surface area contributed by atoms with Crippen molar-refractivity contribution in [2.24, 2.45) is 0 Å². The number of nitrogens with zero attached hydrogens (tertiary/aromatic N) is 1. The second kappa shape index (κ2) is 11.0. The lowest BCUT2D eigenvalue weighted by molar-refractivity contribution is -0.389. The number of nitrogens with one attached hydrogen (secondary N) is 2. The SMILES string of the molecule is O=C(Nc1cccc(C(=O)Nc2c(Br)cc(C(F)(C(F)(F)F)C(F)(F)C(F)(F)F)cc2Br)c1F)c1cccnc1. The van der Waals surface area contributed by atoms with E-state index < -0.39 is 73.0 Å². The average molecular weight is 711 g/mol. The maximum absolute atomic E-state index is 15.0. The summed E-state index contributed by atoms with van der Waals surface area (Å²) in [5.41, 5.74) is -10.1. The van der Waals surface area contributed by atoms with Crippen LogP contribution in [0.4, 0.5) is 55.3 Å². The fourth-order valence-electron chi connectivity index (χ4n) is 3.29. The molecule has 0 aliphatic rings. The van der Waals surface area contributed by atoms with Crippen LogP contribution in [-0.2, 0) is 5.67 Å². The van der Waals surface area contributed by atoms with E-state index in [2.05, 4.69) is 42.2 Å². The number of hydrogen-bond acceptors (Lipinski definition) is 3. The molecule has 2 aromatic carbocycles. The Morgan fingerprint density at radius 3 is 1.88 bits per heavy atom. The molecule has 0 aliphatic carbocycles. The molecular weight excluding hydrogens is 700 g/mol. The molecule has 17 heteroatoms. The monoisotopic (exact) mass is 709 g/mol. The van der Waals surface area contributed by atoms with E-state index in [9.17, 15) is 49.1 Å². The molecule has 0 saturated heterocycles. The Morgan fingerprint density at radius 2 is 1.38 bits per heavy atom. The molecule has 40 heavy (non-hydrogen) atoms. The highest BCUT2D eigenvalue weighted by Gasteiger charge is 2.81. The third kappa shape index (κ3) is 5.66. The quantitative estimate of drug-likeness (QED) is 0.254. The minimum absolute atomic E-state index is 0.0333. The molecule has 0 fully saturated rings. The van der Waals surface area contributed by atoms with Crippen molar-refractivity contribution in [3.63, 3.8) is 0 Å². The number of rotatable bonds is 6. The highest BCUT2D eigenvalue weighted by Crippen LogP contribution is 2.59. The Kier molecular flexibility index (Phi) is 8.60. The van der Waals surface area contributed by atoms with Gasteiger partial charge in [0.25, 0.3) is 11.8 Å². The molecule has 3 rings (SSSR count). The third-order valence-electron chi connectivity index (χ3n) is 5.27. The Bertz CT molecular complexity index is 1430. The van der Waals surface area contributed by atoms with E-state index in [0.29, 0.717) is 0 Å². The first-order chi connectivity index (χ1) is 18.3. The van der Waals surface area contributed by atoms with Crippen LogP contribution in [0.3, 0.4) is 0 Å². The zero-order valence-electron chi connectivity index (χ0n) is 19.0. The van der Waals surface area contributed by atoms with E-state index >= 15 is 4.39 Å². The fraction of sp³-hybridized carbons (Fsp3) is 0.174. The van der Waals surface area contributed by atoms with Crippen molar-refractivity contribution in [1.82, 2.24) is 4.98 Å². The van der Waals surface area contributed by atoms with Crippen molar-refractivity contribution in [2.75, 3.05) is 10.6 Å². The van der Waals surface area contributed by atoms with Gasteiger partial charge >= 0.3 is 23.9 Å². The fourth-order valence-corrected chi connectivity index (χ4v) is 4.67. The summed E-state index contributed by atoms with van der Waals surface area (Å²) in [6, 6.07) is 5.93. The zero-order valence-corrected chi connectivity index (χ0v) is 22.2. The summed E-state index contributed by atoms with van der Waals surface area (Å²) < 4.78 is 134. The van der Waals surface area contributed by atoms with Gasteiger partial charge in [-0.2, -0.15) is 35.1 Å². The van der Waals surface area contributed by atoms with Crippen molar-refractivity contribution >= 4 is 55.0 Å². The first-order valence-corrected chi connectivity index (χ1v) is 11.9. The summed E-state index contributed by atoms with van der Waals surface area (Å²) >= 11 is 5.21. The molecule has 0 radical (unpaired) electrons. The predicted molar refractivity (Wildman–Crippen MR) is 128 cm³/mol. The van der Waals surface area contributed by atoms with Gasteiger partial charge in [-0.25, -0.2) is 8.78 Å². The summed E-state index contributed by atoms with van der Waals surface area (Å²) in [4.78, 5) is 28.7. The molecule has 3 aromatic rings. The lowest BCUT2D eigenvalue weighted by atomic mass is 9.87. The van der Waals surface area contributed by atoms with Gasteiger partial charge in [-0.05, 0) is 68.3 Å². The number of aromatic nitrogens is 1. The van der Waals surface area contributed by atoms with Crippen LogP contribution in [0.2, 0.25) is 0 Å². The van der Waals surface area contributed by atoms with Gasteiger partial charge < -0.3 is 10.6 Å². The van der Waals surface area contributed by atoms with Crippen LogP contribution in [0.15, 0.2) is 63.8 Å². The van der Waals surface area contributed by atoms with Gasteiger partial charge in [-0.1, -0.05) is 6.07 Å². The topological polar surface area (TPSA) is 71.1 Å². The van der Waals surface area contributed by atoms with E-state index in [1.165, 1.54) is 24.5 Å². The van der Waals surface area contributed by atoms with E-state index in [1.807, 2.05) is 5.32 Å². The number of benzene rings is 2. The van der Waals surface area contributed by atoms with Gasteiger partial charge in [0.2, 0.25) is 0 Å². The van der Waals surface area contributed by atoms with Crippen LogP contribution in [-0.4, -0.2) is 35.1 Å². The average Bonchev–Trinajstić information content (AvgIpc) is 2.85. The van der Waals surface area contributed by atoms with Crippen LogP contribution >= 0.6 is 31.9 Å². The minimum atomic E-state index is -6.93. The number of alkyl halides is 9. The highest BCUT2D eigenvalue weighted by atomic mass is 79.9. The molecule has 1 atom stereocenters. The molecule has 0 spiro atoms. The molecule has 1 unspecified atom stereocenters. The second-order valence-electron chi connectivity index (χ2n) is 7.86. The van der Waals surface area contributed by atoms with Gasteiger partial charge in [0.15, 0.2) is 5.82 Å². The summed E-state index contributed by atoms with van der Waals surface area (Å²) in [7, 11) is 0. The molecule has 5 nitrogen and oxygen atoms in total. The largest absolute Gasteiger partial charge is 0.457 e. The van der Waals surface area contributed by atoms with Crippen molar-refractivity contribution < 1.29 is 53.5 Å². The summed E-state index contributed by atoms with van der Waals surface area (Å²) in [5.74, 6) is -10.2. The van der Waals surface area contributed by atoms with Crippen LogP contribution in [0.1, 0.15) is 26.3 Å². The van der Waals surface area contributed by atoms with E-state index in [4.69, 9.17) is 0 Å². The normalized spacial score (nSPS) is 13.9. The first kappa shape index (κ1) is 31.3. The summed E-state index contributed by atoms with van der Waals surface area (Å²) in [6.45, 7) is 0. The van der Waals surface area contributed by atoms with Gasteiger partial charge in [-0.15, -0.1) is 0 Å². The number of carbonyl (C=O) groups is 2. The van der Waals surface area contributed by atoms with Crippen LogP contribution < -0.4 is 10.6 Å². The summed E-state index contributed by atoms with van der Waals surface area (Å²) in [5, 5.41) is 4.23. The van der Waals surface area contributed by atoms with Crippen LogP contribution in [0.25, 0.3) is 0 Å². The lowest BCUT2D eigenvalue weighted by Crippen LogP contribution is -2.59.